The molecule has 0 saturated carbocycles. The van der Waals surface area contributed by atoms with Gasteiger partial charge in [0, 0.05) is 10.5 Å². The molecule has 5 nitrogen and oxygen atoms in total. The maximum atomic E-state index is 14.1. The number of nitrogens with zero attached hydrogens (tertiary/aromatic N) is 2. The molecule has 1 amide bonds. The Hall–Kier alpha value is -1.93. The molecule has 0 aliphatic rings. The van der Waals surface area contributed by atoms with Crippen LogP contribution < -0.4 is 9.90 Å². The van der Waals surface area contributed by atoms with Gasteiger partial charge >= 0.3 is 6.09 Å². The third-order valence-electron chi connectivity index (χ3n) is 2.64. The Morgan fingerprint density at radius 1 is 1.28 bits per heavy atom. The highest BCUT2D eigenvalue weighted by Crippen LogP contribution is 2.31. The van der Waals surface area contributed by atoms with E-state index < -0.39 is 23.3 Å². The average molecular weight is 436 g/mol. The smallest absolute Gasteiger partial charge is 0.441 e. The predicted octanol–water partition coefficient (Wildman–Crippen LogP) is 5.51. The summed E-state index contributed by atoms with van der Waals surface area (Å²) >= 11 is 9.01. The van der Waals surface area contributed by atoms with Crippen molar-refractivity contribution in [2.45, 2.75) is 26.4 Å². The summed E-state index contributed by atoms with van der Waals surface area (Å²) in [6.45, 7) is 4.95. The van der Waals surface area contributed by atoms with Crippen molar-refractivity contribution in [3.8, 4) is 5.75 Å². The van der Waals surface area contributed by atoms with Crippen LogP contribution in [-0.4, -0.2) is 16.7 Å². The van der Waals surface area contributed by atoms with E-state index in [0.717, 1.165) is 18.3 Å². The van der Waals surface area contributed by atoms with Crippen molar-refractivity contribution < 1.29 is 23.1 Å². The second-order valence-corrected chi connectivity index (χ2v) is 7.16. The summed E-state index contributed by atoms with van der Waals surface area (Å²) in [5.41, 5.74) is -0.839. The molecule has 9 heteroatoms. The molecule has 0 atom stereocenters. The summed E-state index contributed by atoms with van der Waals surface area (Å²) < 4.78 is 32.7. The number of amides is 1. The van der Waals surface area contributed by atoms with Gasteiger partial charge in [-0.05, 0) is 54.9 Å². The largest absolute Gasteiger partial charge is 0.450 e. The van der Waals surface area contributed by atoms with Gasteiger partial charge in [-0.15, -0.1) is 0 Å². The van der Waals surface area contributed by atoms with Crippen LogP contribution >= 0.6 is 27.5 Å². The maximum absolute atomic E-state index is 14.1. The van der Waals surface area contributed by atoms with Crippen LogP contribution in [0.5, 0.6) is 5.75 Å². The first-order valence-electron chi connectivity index (χ1n) is 7.04. The Balaban J connectivity index is 2.39. The van der Waals surface area contributed by atoms with E-state index in [4.69, 9.17) is 21.2 Å². The van der Waals surface area contributed by atoms with E-state index in [1.54, 1.807) is 20.8 Å². The van der Waals surface area contributed by atoms with Gasteiger partial charge in [-0.1, -0.05) is 16.7 Å². The quantitative estimate of drug-likeness (QED) is 0.471. The molecular formula is C16H14BrClF2N2O3. The van der Waals surface area contributed by atoms with Crippen molar-refractivity contribution in [3.05, 3.63) is 51.6 Å². The SMILES string of the molecule is CC(C)(C)OC(=O)N(Oc1cc(Cl)c(Br)cc1F)c1ccc(F)cn1. The zero-order valence-corrected chi connectivity index (χ0v) is 15.9. The highest BCUT2D eigenvalue weighted by molar-refractivity contribution is 9.10. The number of hydrogen-bond acceptors (Lipinski definition) is 4. The molecule has 0 saturated heterocycles. The van der Waals surface area contributed by atoms with Crippen molar-refractivity contribution in [1.29, 1.82) is 0 Å². The van der Waals surface area contributed by atoms with E-state index in [9.17, 15) is 13.6 Å². The topological polar surface area (TPSA) is 51.7 Å². The van der Waals surface area contributed by atoms with Gasteiger partial charge in [0.1, 0.15) is 11.4 Å². The number of benzene rings is 1. The predicted molar refractivity (Wildman–Crippen MR) is 92.6 cm³/mol. The molecule has 1 heterocycles. The summed E-state index contributed by atoms with van der Waals surface area (Å²) in [5, 5.41) is 0.792. The van der Waals surface area contributed by atoms with Crippen molar-refractivity contribution in [2.75, 3.05) is 5.06 Å². The maximum Gasteiger partial charge on any atom is 0.450 e. The second kappa shape index (κ2) is 7.53. The van der Waals surface area contributed by atoms with Crippen LogP contribution in [0.15, 0.2) is 34.9 Å². The molecule has 0 aliphatic heterocycles. The average Bonchev–Trinajstić information content (AvgIpc) is 2.49. The van der Waals surface area contributed by atoms with Crippen molar-refractivity contribution in [3.63, 3.8) is 0 Å². The van der Waals surface area contributed by atoms with E-state index in [0.29, 0.717) is 9.54 Å². The van der Waals surface area contributed by atoms with Gasteiger partial charge in [-0.25, -0.2) is 18.6 Å². The minimum Gasteiger partial charge on any atom is -0.441 e. The summed E-state index contributed by atoms with van der Waals surface area (Å²) in [6, 6.07) is 4.54. The molecule has 0 aliphatic carbocycles. The Morgan fingerprint density at radius 3 is 2.52 bits per heavy atom. The molecule has 0 spiro atoms. The van der Waals surface area contributed by atoms with Gasteiger partial charge in [-0.3, -0.25) is 0 Å². The van der Waals surface area contributed by atoms with Crippen LogP contribution in [-0.2, 0) is 4.74 Å². The van der Waals surface area contributed by atoms with Crippen LogP contribution in [0.3, 0.4) is 0 Å². The summed E-state index contributed by atoms with van der Waals surface area (Å²) in [5.74, 6) is -1.79. The van der Waals surface area contributed by atoms with E-state index >= 15 is 0 Å². The Bertz CT molecular complexity index is 782. The number of carbonyl (C=O) groups is 1. The number of aromatic nitrogens is 1. The Morgan fingerprint density at radius 2 is 1.96 bits per heavy atom. The second-order valence-electron chi connectivity index (χ2n) is 5.90. The molecule has 1 aromatic carbocycles. The molecule has 0 fully saturated rings. The molecule has 25 heavy (non-hydrogen) atoms. The lowest BCUT2D eigenvalue weighted by molar-refractivity contribution is 0.0431. The minimum absolute atomic E-state index is 0.0888. The molecule has 0 unspecified atom stereocenters. The number of halogens is 4. The number of hydrogen-bond donors (Lipinski definition) is 0. The highest BCUT2D eigenvalue weighted by atomic mass is 79.9. The highest BCUT2D eigenvalue weighted by Gasteiger charge is 2.27. The first-order chi connectivity index (χ1) is 11.6. The molecule has 2 aromatic rings. The van der Waals surface area contributed by atoms with Gasteiger partial charge < -0.3 is 9.57 Å². The van der Waals surface area contributed by atoms with Gasteiger partial charge in [0.15, 0.2) is 17.4 Å². The van der Waals surface area contributed by atoms with E-state index in [1.807, 2.05) is 0 Å². The van der Waals surface area contributed by atoms with Crippen LogP contribution in [0.25, 0.3) is 0 Å². The number of carbonyl (C=O) groups excluding carboxylic acids is 1. The Labute approximate surface area is 156 Å². The minimum atomic E-state index is -0.954. The number of pyridine rings is 1. The fourth-order valence-electron chi connectivity index (χ4n) is 1.64. The molecule has 134 valence electrons. The van der Waals surface area contributed by atoms with Gasteiger partial charge in [0.05, 0.1) is 11.2 Å². The fraction of sp³-hybridized carbons (Fsp3) is 0.250. The number of hydroxylamine groups is 1. The van der Waals surface area contributed by atoms with Crippen molar-refractivity contribution >= 4 is 39.4 Å². The molecule has 0 radical (unpaired) electrons. The molecule has 0 N–H and O–H groups in total. The summed E-state index contributed by atoms with van der Waals surface area (Å²) in [4.78, 5) is 21.5. The van der Waals surface area contributed by atoms with E-state index in [-0.39, 0.29) is 16.6 Å². The number of ether oxygens (including phenoxy) is 1. The van der Waals surface area contributed by atoms with Crippen molar-refractivity contribution in [1.82, 2.24) is 4.98 Å². The molecular weight excluding hydrogens is 422 g/mol. The standard InChI is InChI=1S/C16H14BrClF2N2O3/c1-16(2,3)24-15(23)22(14-5-4-9(19)8-21-14)25-13-7-11(18)10(17)6-12(13)20/h4-8H,1-3H3. The van der Waals surface area contributed by atoms with E-state index in [1.165, 1.54) is 12.1 Å². The zero-order chi connectivity index (χ0) is 18.8. The van der Waals surface area contributed by atoms with Gasteiger partial charge in [0.2, 0.25) is 0 Å². The third-order valence-corrected chi connectivity index (χ3v) is 3.84. The summed E-state index contributed by atoms with van der Waals surface area (Å²) in [7, 11) is 0. The van der Waals surface area contributed by atoms with Crippen LogP contribution in [0, 0.1) is 11.6 Å². The van der Waals surface area contributed by atoms with Gasteiger partial charge in [0.25, 0.3) is 0 Å². The number of anilines is 1. The normalized spacial score (nSPS) is 11.2. The van der Waals surface area contributed by atoms with Crippen LogP contribution in [0.1, 0.15) is 20.8 Å². The van der Waals surface area contributed by atoms with E-state index in [2.05, 4.69) is 20.9 Å². The number of rotatable bonds is 3. The zero-order valence-electron chi connectivity index (χ0n) is 13.5. The monoisotopic (exact) mass is 434 g/mol. The van der Waals surface area contributed by atoms with Crippen LogP contribution in [0.4, 0.5) is 19.4 Å². The Kier molecular flexibility index (Phi) is 5.84. The fourth-order valence-corrected chi connectivity index (χ4v) is 2.11. The lowest BCUT2D eigenvalue weighted by Gasteiger charge is -2.26. The lowest BCUT2D eigenvalue weighted by atomic mass is 10.2. The lowest BCUT2D eigenvalue weighted by Crippen LogP contribution is -2.39. The molecule has 0 bridgehead atoms. The van der Waals surface area contributed by atoms with Gasteiger partial charge in [-0.2, -0.15) is 0 Å². The van der Waals surface area contributed by atoms with Crippen LogP contribution in [0.2, 0.25) is 5.02 Å². The molecule has 2 rings (SSSR count). The third kappa shape index (κ3) is 5.27. The summed E-state index contributed by atoms with van der Waals surface area (Å²) in [6.07, 6.45) is -0.0638. The first-order valence-corrected chi connectivity index (χ1v) is 8.21. The van der Waals surface area contributed by atoms with Crippen molar-refractivity contribution in [2.24, 2.45) is 0 Å². The molecule has 1 aromatic heterocycles. The first kappa shape index (κ1) is 19.4.